The number of carbonyl (C=O) groups excluding carboxylic acids is 1. The minimum Gasteiger partial charge on any atom is -0.369 e. The molecule has 0 aliphatic carbocycles. The van der Waals surface area contributed by atoms with Crippen molar-refractivity contribution in [3.63, 3.8) is 0 Å². The van der Waals surface area contributed by atoms with E-state index in [1.165, 1.54) is 10.9 Å². The highest BCUT2D eigenvalue weighted by molar-refractivity contribution is 5.94. The maximum absolute atomic E-state index is 11.5. The highest BCUT2D eigenvalue weighted by atomic mass is 16.5. The van der Waals surface area contributed by atoms with Gasteiger partial charge in [-0.3, -0.25) is 19.7 Å². The molecule has 6 nitrogen and oxygen atoms in total. The molecule has 0 radical (unpaired) electrons. The van der Waals surface area contributed by atoms with Gasteiger partial charge >= 0.3 is 0 Å². The first-order valence-corrected chi connectivity index (χ1v) is 10.7. The first-order valence-electron chi connectivity index (χ1n) is 10.7. The zero-order chi connectivity index (χ0) is 21.9. The van der Waals surface area contributed by atoms with Gasteiger partial charge in [-0.1, -0.05) is 36.4 Å². The Morgan fingerprint density at radius 2 is 1.94 bits per heavy atom. The molecule has 1 amide bonds. The molecule has 160 valence electrons. The summed E-state index contributed by atoms with van der Waals surface area (Å²) in [5.41, 5.74) is 10.7. The van der Waals surface area contributed by atoms with E-state index in [0.717, 1.165) is 42.1 Å². The largest absolute Gasteiger partial charge is 0.369 e. The van der Waals surface area contributed by atoms with E-state index in [9.17, 15) is 4.79 Å². The van der Waals surface area contributed by atoms with E-state index in [0.29, 0.717) is 12.2 Å². The normalized spacial score (nSPS) is 16.8. The van der Waals surface area contributed by atoms with Crippen molar-refractivity contribution in [3.8, 4) is 11.3 Å². The number of nitrogens with zero attached hydrogens (tertiary/aromatic N) is 3. The maximum Gasteiger partial charge on any atom is 0.248 e. The van der Waals surface area contributed by atoms with Crippen LogP contribution in [0.25, 0.3) is 22.2 Å². The summed E-state index contributed by atoms with van der Waals surface area (Å²) in [4.78, 5) is 23.3. The van der Waals surface area contributed by atoms with Crippen molar-refractivity contribution >= 4 is 16.8 Å². The van der Waals surface area contributed by atoms with E-state index in [4.69, 9.17) is 15.5 Å². The van der Waals surface area contributed by atoms with Crippen LogP contribution in [0.3, 0.4) is 0 Å². The molecule has 1 unspecified atom stereocenters. The lowest BCUT2D eigenvalue weighted by atomic mass is 10.1. The number of pyridine rings is 2. The molecule has 3 heterocycles. The Balaban J connectivity index is 1.36. The van der Waals surface area contributed by atoms with Crippen LogP contribution in [0.4, 0.5) is 0 Å². The Morgan fingerprint density at radius 3 is 2.84 bits per heavy atom. The SMILES string of the molecule is NC(=O)c1cccc(-c2cccc(C3CN(Cc4cccc5ncccc45)CCO3)n2)c1. The Hall–Kier alpha value is -3.61. The molecule has 2 aromatic carbocycles. The summed E-state index contributed by atoms with van der Waals surface area (Å²) in [6.45, 7) is 3.11. The first kappa shape index (κ1) is 20.3. The number of hydrogen-bond acceptors (Lipinski definition) is 5. The van der Waals surface area contributed by atoms with Crippen LogP contribution in [0.5, 0.6) is 0 Å². The van der Waals surface area contributed by atoms with Crippen molar-refractivity contribution in [3.05, 3.63) is 95.8 Å². The quantitative estimate of drug-likeness (QED) is 0.524. The van der Waals surface area contributed by atoms with E-state index in [1.54, 1.807) is 12.1 Å². The second kappa shape index (κ2) is 8.86. The third kappa shape index (κ3) is 4.23. The lowest BCUT2D eigenvalue weighted by Gasteiger charge is -2.33. The molecule has 2 N–H and O–H groups in total. The average molecular weight is 425 g/mol. The Kier molecular flexibility index (Phi) is 5.62. The number of carbonyl (C=O) groups is 1. The van der Waals surface area contributed by atoms with E-state index in [-0.39, 0.29) is 6.10 Å². The number of primary amides is 1. The molecule has 1 fully saturated rings. The fourth-order valence-corrected chi connectivity index (χ4v) is 4.19. The van der Waals surface area contributed by atoms with E-state index in [1.807, 2.05) is 48.7 Å². The monoisotopic (exact) mass is 424 g/mol. The molecule has 4 aromatic rings. The summed E-state index contributed by atoms with van der Waals surface area (Å²) in [5.74, 6) is -0.446. The molecule has 32 heavy (non-hydrogen) atoms. The van der Waals surface area contributed by atoms with Gasteiger partial charge in [0, 0.05) is 42.3 Å². The van der Waals surface area contributed by atoms with Crippen LogP contribution in [0.2, 0.25) is 0 Å². The zero-order valence-electron chi connectivity index (χ0n) is 17.6. The van der Waals surface area contributed by atoms with Crippen molar-refractivity contribution in [2.75, 3.05) is 19.7 Å². The zero-order valence-corrected chi connectivity index (χ0v) is 17.6. The highest BCUT2D eigenvalue weighted by Crippen LogP contribution is 2.26. The van der Waals surface area contributed by atoms with Crippen LogP contribution in [0.1, 0.15) is 27.7 Å². The fraction of sp³-hybridized carbons (Fsp3) is 0.192. The minimum atomic E-state index is -0.446. The number of ether oxygens (including phenoxy) is 1. The lowest BCUT2D eigenvalue weighted by molar-refractivity contribution is -0.0348. The molecule has 1 atom stereocenters. The van der Waals surface area contributed by atoms with Gasteiger partial charge in [0.2, 0.25) is 5.91 Å². The summed E-state index contributed by atoms with van der Waals surface area (Å²) in [5, 5.41) is 1.19. The van der Waals surface area contributed by atoms with Crippen LogP contribution in [0.15, 0.2) is 79.0 Å². The van der Waals surface area contributed by atoms with Crippen molar-refractivity contribution in [2.24, 2.45) is 5.73 Å². The van der Waals surface area contributed by atoms with Crippen molar-refractivity contribution in [1.82, 2.24) is 14.9 Å². The molecule has 0 saturated carbocycles. The third-order valence-electron chi connectivity index (χ3n) is 5.82. The molecule has 0 bridgehead atoms. The average Bonchev–Trinajstić information content (AvgIpc) is 2.85. The molecule has 2 aromatic heterocycles. The minimum absolute atomic E-state index is 0.115. The first-order chi connectivity index (χ1) is 15.7. The Bertz CT molecular complexity index is 1270. The van der Waals surface area contributed by atoms with Gasteiger partial charge in [0.05, 0.1) is 23.5 Å². The second-order valence-electron chi connectivity index (χ2n) is 7.97. The van der Waals surface area contributed by atoms with E-state index >= 15 is 0 Å². The van der Waals surface area contributed by atoms with Gasteiger partial charge in [-0.15, -0.1) is 0 Å². The summed E-state index contributed by atoms with van der Waals surface area (Å²) in [6.07, 6.45) is 1.71. The number of hydrogen-bond donors (Lipinski definition) is 1. The molecule has 1 saturated heterocycles. The standard InChI is InChI=1S/C26H24N4O2/c27-26(31)19-6-1-5-18(15-19)22-9-3-11-24(29-22)25-17-30(13-14-32-25)16-20-7-2-10-23-21(20)8-4-12-28-23/h1-12,15,25H,13-14,16-17H2,(H2,27,31). The second-order valence-corrected chi connectivity index (χ2v) is 7.97. The summed E-state index contributed by atoms with van der Waals surface area (Å²) in [7, 11) is 0. The fourth-order valence-electron chi connectivity index (χ4n) is 4.19. The number of benzene rings is 2. The molecule has 1 aliphatic heterocycles. The van der Waals surface area contributed by atoms with Crippen molar-refractivity contribution in [1.29, 1.82) is 0 Å². The highest BCUT2D eigenvalue weighted by Gasteiger charge is 2.24. The number of amides is 1. The van der Waals surface area contributed by atoms with Gasteiger partial charge in [-0.2, -0.15) is 0 Å². The number of morpholine rings is 1. The maximum atomic E-state index is 11.5. The van der Waals surface area contributed by atoms with Crippen LogP contribution in [-0.2, 0) is 11.3 Å². The molecule has 6 heteroatoms. The van der Waals surface area contributed by atoms with E-state index < -0.39 is 5.91 Å². The third-order valence-corrected chi connectivity index (χ3v) is 5.82. The Labute approximate surface area is 186 Å². The molecular weight excluding hydrogens is 400 g/mol. The topological polar surface area (TPSA) is 81.3 Å². The number of rotatable bonds is 5. The van der Waals surface area contributed by atoms with Crippen LogP contribution >= 0.6 is 0 Å². The van der Waals surface area contributed by atoms with Gasteiger partial charge in [0.1, 0.15) is 6.10 Å². The van der Waals surface area contributed by atoms with Crippen LogP contribution < -0.4 is 5.73 Å². The number of aromatic nitrogens is 2. The predicted octanol–water partition coefficient (Wildman–Crippen LogP) is 3.97. The van der Waals surface area contributed by atoms with Gasteiger partial charge in [-0.05, 0) is 42.0 Å². The number of fused-ring (bicyclic) bond motifs is 1. The Morgan fingerprint density at radius 1 is 1.06 bits per heavy atom. The molecule has 0 spiro atoms. The lowest BCUT2D eigenvalue weighted by Crippen LogP contribution is -2.38. The number of nitrogens with two attached hydrogens (primary N) is 1. The van der Waals surface area contributed by atoms with Gasteiger partial charge in [0.15, 0.2) is 0 Å². The van der Waals surface area contributed by atoms with Crippen molar-refractivity contribution < 1.29 is 9.53 Å². The predicted molar refractivity (Wildman–Crippen MR) is 124 cm³/mol. The molecule has 5 rings (SSSR count). The summed E-state index contributed by atoms with van der Waals surface area (Å²) >= 11 is 0. The van der Waals surface area contributed by atoms with Crippen LogP contribution in [-0.4, -0.2) is 40.5 Å². The summed E-state index contributed by atoms with van der Waals surface area (Å²) < 4.78 is 6.08. The molecular formula is C26H24N4O2. The smallest absolute Gasteiger partial charge is 0.248 e. The van der Waals surface area contributed by atoms with Gasteiger partial charge in [-0.25, -0.2) is 0 Å². The van der Waals surface area contributed by atoms with Gasteiger partial charge < -0.3 is 10.5 Å². The van der Waals surface area contributed by atoms with Crippen LogP contribution in [0, 0.1) is 0 Å². The summed E-state index contributed by atoms with van der Waals surface area (Å²) in [6, 6.07) is 23.5. The molecule has 1 aliphatic rings. The van der Waals surface area contributed by atoms with E-state index in [2.05, 4.69) is 28.1 Å². The van der Waals surface area contributed by atoms with Gasteiger partial charge in [0.25, 0.3) is 0 Å². The van der Waals surface area contributed by atoms with Crippen molar-refractivity contribution in [2.45, 2.75) is 12.6 Å².